The Kier molecular flexibility index (Phi) is 2.12. The van der Waals surface area contributed by atoms with Crippen molar-refractivity contribution in [3.8, 4) is 0 Å². The molecule has 0 aliphatic heterocycles. The van der Waals surface area contributed by atoms with Gasteiger partial charge in [0, 0.05) is 4.83 Å². The lowest BCUT2D eigenvalue weighted by atomic mass is 9.83. The van der Waals surface area contributed by atoms with Crippen LogP contribution >= 0.6 is 15.9 Å². The van der Waals surface area contributed by atoms with Crippen LogP contribution in [0.2, 0.25) is 0 Å². The molecule has 0 aromatic rings. The molecule has 8 heavy (non-hydrogen) atoms. The largest absolute Gasteiger partial charge is 0.102 e. The van der Waals surface area contributed by atoms with Crippen molar-refractivity contribution in [2.24, 2.45) is 5.92 Å². The van der Waals surface area contributed by atoms with E-state index in [-0.39, 0.29) is 0 Å². The van der Waals surface area contributed by atoms with Gasteiger partial charge in [-0.15, -0.1) is 6.58 Å². The molecule has 0 bridgehead atoms. The molecule has 0 amide bonds. The van der Waals surface area contributed by atoms with Gasteiger partial charge >= 0.3 is 0 Å². The first kappa shape index (κ1) is 6.34. The van der Waals surface area contributed by atoms with Crippen molar-refractivity contribution >= 4 is 15.9 Å². The Labute approximate surface area is 59.1 Å². The quantitative estimate of drug-likeness (QED) is 0.447. The molecule has 0 saturated heterocycles. The van der Waals surface area contributed by atoms with E-state index >= 15 is 0 Å². The maximum atomic E-state index is 3.72. The van der Waals surface area contributed by atoms with Crippen LogP contribution in [0.25, 0.3) is 0 Å². The van der Waals surface area contributed by atoms with Gasteiger partial charge in [0.1, 0.15) is 0 Å². The summed E-state index contributed by atoms with van der Waals surface area (Å²) in [6.45, 7) is 3.72. The highest BCUT2D eigenvalue weighted by Crippen LogP contribution is 2.33. The maximum absolute atomic E-state index is 3.72. The van der Waals surface area contributed by atoms with Crippen molar-refractivity contribution in [3.63, 3.8) is 0 Å². The molecule has 0 spiro atoms. The Morgan fingerprint density at radius 3 is 2.38 bits per heavy atom. The topological polar surface area (TPSA) is 0 Å². The Balaban J connectivity index is 2.22. The van der Waals surface area contributed by atoms with Crippen molar-refractivity contribution in [1.82, 2.24) is 0 Å². The van der Waals surface area contributed by atoms with Gasteiger partial charge in [-0.2, -0.15) is 0 Å². The molecule has 1 fully saturated rings. The number of halogens is 1. The van der Waals surface area contributed by atoms with Crippen molar-refractivity contribution in [2.75, 3.05) is 0 Å². The second-order valence-corrected chi connectivity index (χ2v) is 3.43. The first-order valence-corrected chi connectivity index (χ1v) is 4.03. The second-order valence-electron chi connectivity index (χ2n) is 2.37. The molecule has 1 aliphatic rings. The van der Waals surface area contributed by atoms with E-state index in [4.69, 9.17) is 0 Å². The maximum Gasteiger partial charge on any atom is 0.0351 e. The van der Waals surface area contributed by atoms with E-state index in [2.05, 4.69) is 22.5 Å². The molecule has 1 rings (SSSR count). The Morgan fingerprint density at radius 1 is 1.62 bits per heavy atom. The molecule has 1 aliphatic carbocycles. The smallest absolute Gasteiger partial charge is 0.0351 e. The fourth-order valence-corrected chi connectivity index (χ4v) is 1.48. The molecule has 46 valence electrons. The number of alkyl halides is 1. The van der Waals surface area contributed by atoms with Crippen molar-refractivity contribution in [2.45, 2.75) is 24.1 Å². The third kappa shape index (κ3) is 1.13. The summed E-state index contributed by atoms with van der Waals surface area (Å²) in [5.41, 5.74) is 0. The van der Waals surface area contributed by atoms with E-state index in [1.165, 1.54) is 19.3 Å². The average Bonchev–Trinajstić information content (AvgIpc) is 1.62. The summed E-state index contributed by atoms with van der Waals surface area (Å²) in [6, 6.07) is 0. The summed E-state index contributed by atoms with van der Waals surface area (Å²) < 4.78 is 0. The van der Waals surface area contributed by atoms with Crippen LogP contribution in [-0.2, 0) is 0 Å². The van der Waals surface area contributed by atoms with Gasteiger partial charge in [0.25, 0.3) is 0 Å². The highest BCUT2D eigenvalue weighted by Gasteiger charge is 2.22. The summed E-state index contributed by atoms with van der Waals surface area (Å²) >= 11 is 3.54. The summed E-state index contributed by atoms with van der Waals surface area (Å²) in [5.74, 6) is 0.896. The van der Waals surface area contributed by atoms with E-state index in [0.29, 0.717) is 4.83 Å². The molecule has 0 nitrogen and oxygen atoms in total. The van der Waals surface area contributed by atoms with Crippen molar-refractivity contribution in [3.05, 3.63) is 12.7 Å². The molecular weight excluding hydrogens is 164 g/mol. The summed E-state index contributed by atoms with van der Waals surface area (Å²) in [6.07, 6.45) is 6.19. The highest BCUT2D eigenvalue weighted by molar-refractivity contribution is 9.09. The molecule has 0 aromatic heterocycles. The van der Waals surface area contributed by atoms with Crippen LogP contribution in [0.5, 0.6) is 0 Å². The summed E-state index contributed by atoms with van der Waals surface area (Å²) in [4.78, 5) is 0.580. The van der Waals surface area contributed by atoms with Gasteiger partial charge in [-0.1, -0.05) is 28.4 Å². The summed E-state index contributed by atoms with van der Waals surface area (Å²) in [5, 5.41) is 0. The van der Waals surface area contributed by atoms with Gasteiger partial charge in [0.15, 0.2) is 0 Å². The van der Waals surface area contributed by atoms with E-state index < -0.39 is 0 Å². The second kappa shape index (κ2) is 2.67. The molecule has 0 radical (unpaired) electrons. The molecule has 1 heteroatoms. The highest BCUT2D eigenvalue weighted by atomic mass is 79.9. The monoisotopic (exact) mass is 174 g/mol. The number of rotatable bonds is 2. The zero-order valence-electron chi connectivity index (χ0n) is 4.94. The van der Waals surface area contributed by atoms with E-state index in [0.717, 1.165) is 5.92 Å². The zero-order chi connectivity index (χ0) is 5.98. The van der Waals surface area contributed by atoms with Gasteiger partial charge in [0.05, 0.1) is 0 Å². The summed E-state index contributed by atoms with van der Waals surface area (Å²) in [7, 11) is 0. The molecule has 1 atom stereocenters. The predicted molar refractivity (Wildman–Crippen MR) is 40.3 cm³/mol. The standard InChI is InChI=1S/C7H11Br/c1-2-7(8)6-4-3-5-6/h2,6-7H,1,3-5H2. The van der Waals surface area contributed by atoms with Gasteiger partial charge in [-0.3, -0.25) is 0 Å². The molecule has 1 unspecified atom stereocenters. The number of allylic oxidation sites excluding steroid dienone is 1. The fraction of sp³-hybridized carbons (Fsp3) is 0.714. The molecule has 0 aromatic carbocycles. The third-order valence-electron chi connectivity index (χ3n) is 1.83. The first-order chi connectivity index (χ1) is 3.84. The minimum atomic E-state index is 0.580. The molecule has 0 heterocycles. The zero-order valence-corrected chi connectivity index (χ0v) is 6.52. The Morgan fingerprint density at radius 2 is 2.25 bits per heavy atom. The van der Waals surface area contributed by atoms with Crippen LogP contribution in [0.15, 0.2) is 12.7 Å². The van der Waals surface area contributed by atoms with Gasteiger partial charge in [0.2, 0.25) is 0 Å². The minimum Gasteiger partial charge on any atom is -0.102 e. The van der Waals surface area contributed by atoms with Crippen LogP contribution in [0.1, 0.15) is 19.3 Å². The van der Waals surface area contributed by atoms with Crippen LogP contribution in [0, 0.1) is 5.92 Å². The van der Waals surface area contributed by atoms with Gasteiger partial charge < -0.3 is 0 Å². The van der Waals surface area contributed by atoms with E-state index in [1.807, 2.05) is 6.08 Å². The molecule has 0 N–H and O–H groups in total. The van der Waals surface area contributed by atoms with Crippen LogP contribution in [0.4, 0.5) is 0 Å². The Hall–Kier alpha value is 0.220. The fourth-order valence-electron chi connectivity index (χ4n) is 0.951. The normalized spacial score (nSPS) is 24.1. The van der Waals surface area contributed by atoms with Crippen molar-refractivity contribution in [1.29, 1.82) is 0 Å². The average molecular weight is 175 g/mol. The lowest BCUT2D eigenvalue weighted by Crippen LogP contribution is -2.19. The SMILES string of the molecule is C=CC(Br)C1CCC1. The van der Waals surface area contributed by atoms with Crippen LogP contribution in [-0.4, -0.2) is 4.83 Å². The number of hydrogen-bond donors (Lipinski definition) is 0. The third-order valence-corrected chi connectivity index (χ3v) is 2.95. The first-order valence-electron chi connectivity index (χ1n) is 3.11. The van der Waals surface area contributed by atoms with Crippen LogP contribution in [0.3, 0.4) is 0 Å². The molecule has 1 saturated carbocycles. The molecular formula is C7H11Br. The van der Waals surface area contributed by atoms with Gasteiger partial charge in [-0.25, -0.2) is 0 Å². The lowest BCUT2D eigenvalue weighted by molar-refractivity contribution is 0.329. The lowest BCUT2D eigenvalue weighted by Gasteiger charge is -2.27. The van der Waals surface area contributed by atoms with Crippen molar-refractivity contribution < 1.29 is 0 Å². The van der Waals surface area contributed by atoms with Gasteiger partial charge in [-0.05, 0) is 18.8 Å². The Bertz CT molecular complexity index is 84.4. The predicted octanol–water partition coefficient (Wildman–Crippen LogP) is 2.74. The number of hydrogen-bond acceptors (Lipinski definition) is 0. The van der Waals surface area contributed by atoms with E-state index in [9.17, 15) is 0 Å². The van der Waals surface area contributed by atoms with Crippen LogP contribution < -0.4 is 0 Å². The van der Waals surface area contributed by atoms with E-state index in [1.54, 1.807) is 0 Å². The minimum absolute atomic E-state index is 0.580.